The average Bonchev–Trinajstić information content (AvgIpc) is 3.02. The van der Waals surface area contributed by atoms with E-state index in [9.17, 15) is 8.42 Å². The third-order valence-electron chi connectivity index (χ3n) is 2.80. The van der Waals surface area contributed by atoms with Gasteiger partial charge in [0, 0.05) is 0 Å². The molecule has 1 aromatic heterocycles. The molecule has 0 aliphatic rings. The fourth-order valence-electron chi connectivity index (χ4n) is 1.83. The molecule has 7 nitrogen and oxygen atoms in total. The zero-order chi connectivity index (χ0) is 14.7. The summed E-state index contributed by atoms with van der Waals surface area (Å²) in [5.41, 5.74) is 0.940. The molecule has 0 saturated carbocycles. The second-order valence-electron chi connectivity index (χ2n) is 4.19. The van der Waals surface area contributed by atoms with Gasteiger partial charge in [0.1, 0.15) is 6.33 Å². The number of hydrogen-bond donors (Lipinski definition) is 1. The van der Waals surface area contributed by atoms with Gasteiger partial charge in [-0.05, 0) is 34.7 Å². The molecule has 0 radical (unpaired) electrons. The highest BCUT2D eigenvalue weighted by atomic mass is 32.2. The molecule has 106 valence electrons. The predicted octanol–water partition coefficient (Wildman–Crippen LogP) is 1.46. The normalized spacial score (nSPS) is 11.2. The number of rotatable bonds is 4. The summed E-state index contributed by atoms with van der Waals surface area (Å²) in [6.07, 6.45) is 1.40. The van der Waals surface area contributed by atoms with Crippen molar-refractivity contribution < 1.29 is 8.42 Å². The minimum absolute atomic E-state index is 0.191. The summed E-state index contributed by atoms with van der Waals surface area (Å²) in [5, 5.41) is 10.9. The minimum Gasteiger partial charge on any atom is -0.277 e. The van der Waals surface area contributed by atoms with E-state index in [1.54, 1.807) is 42.5 Å². The van der Waals surface area contributed by atoms with Crippen LogP contribution in [-0.2, 0) is 10.0 Å². The summed E-state index contributed by atoms with van der Waals surface area (Å²) < 4.78 is 28.6. The van der Waals surface area contributed by atoms with Crippen LogP contribution in [0.1, 0.15) is 0 Å². The first-order valence-corrected chi connectivity index (χ1v) is 7.55. The molecule has 8 heteroatoms. The maximum atomic E-state index is 12.4. The Morgan fingerprint density at radius 3 is 2.38 bits per heavy atom. The predicted molar refractivity (Wildman–Crippen MR) is 76.4 cm³/mol. The molecule has 0 aliphatic heterocycles. The fourth-order valence-corrected chi connectivity index (χ4v) is 2.93. The van der Waals surface area contributed by atoms with E-state index in [2.05, 4.69) is 20.2 Å². The average molecular weight is 301 g/mol. The van der Waals surface area contributed by atoms with Gasteiger partial charge in [-0.25, -0.2) is 8.42 Å². The molecule has 0 bridgehead atoms. The maximum absolute atomic E-state index is 12.4. The zero-order valence-corrected chi connectivity index (χ0v) is 11.6. The number of benzene rings is 2. The number of para-hydroxylation sites is 2. The van der Waals surface area contributed by atoms with Crippen molar-refractivity contribution in [1.29, 1.82) is 0 Å². The van der Waals surface area contributed by atoms with Gasteiger partial charge in [0.15, 0.2) is 0 Å². The molecule has 1 heterocycles. The molecule has 0 amide bonds. The van der Waals surface area contributed by atoms with Crippen molar-refractivity contribution in [2.45, 2.75) is 4.90 Å². The zero-order valence-electron chi connectivity index (χ0n) is 10.8. The van der Waals surface area contributed by atoms with Crippen molar-refractivity contribution >= 4 is 15.7 Å². The van der Waals surface area contributed by atoms with E-state index in [1.807, 2.05) is 0 Å². The molecule has 0 saturated heterocycles. The number of nitrogens with zero attached hydrogens (tertiary/aromatic N) is 4. The largest absolute Gasteiger partial charge is 0.277 e. The third-order valence-corrected chi connectivity index (χ3v) is 4.18. The third kappa shape index (κ3) is 2.75. The van der Waals surface area contributed by atoms with Gasteiger partial charge in [0.25, 0.3) is 10.0 Å². The summed E-state index contributed by atoms with van der Waals surface area (Å²) in [7, 11) is -3.66. The Hall–Kier alpha value is -2.74. The number of hydrogen-bond acceptors (Lipinski definition) is 5. The van der Waals surface area contributed by atoms with Gasteiger partial charge in [-0.3, -0.25) is 4.72 Å². The van der Waals surface area contributed by atoms with Crippen molar-refractivity contribution in [1.82, 2.24) is 20.2 Å². The van der Waals surface area contributed by atoms with Crippen LogP contribution in [0.25, 0.3) is 5.69 Å². The van der Waals surface area contributed by atoms with E-state index >= 15 is 0 Å². The molecular weight excluding hydrogens is 290 g/mol. The van der Waals surface area contributed by atoms with Crippen molar-refractivity contribution in [3.05, 3.63) is 60.9 Å². The van der Waals surface area contributed by atoms with Crippen LogP contribution in [0.2, 0.25) is 0 Å². The highest BCUT2D eigenvalue weighted by Crippen LogP contribution is 2.22. The second kappa shape index (κ2) is 5.33. The monoisotopic (exact) mass is 301 g/mol. The van der Waals surface area contributed by atoms with Crippen LogP contribution < -0.4 is 4.72 Å². The summed E-state index contributed by atoms with van der Waals surface area (Å²) >= 11 is 0. The van der Waals surface area contributed by atoms with E-state index in [0.29, 0.717) is 11.4 Å². The number of tetrazole rings is 1. The molecular formula is C13H11N5O2S. The van der Waals surface area contributed by atoms with E-state index in [0.717, 1.165) is 0 Å². The molecule has 0 unspecified atom stereocenters. The van der Waals surface area contributed by atoms with E-state index < -0.39 is 10.0 Å². The lowest BCUT2D eigenvalue weighted by Crippen LogP contribution is -2.14. The summed E-state index contributed by atoms with van der Waals surface area (Å²) in [6.45, 7) is 0. The quantitative estimate of drug-likeness (QED) is 0.788. The Kier molecular flexibility index (Phi) is 3.36. The summed E-state index contributed by atoms with van der Waals surface area (Å²) in [4.78, 5) is 0.191. The highest BCUT2D eigenvalue weighted by Gasteiger charge is 2.16. The van der Waals surface area contributed by atoms with Crippen LogP contribution in [0, 0.1) is 0 Å². The fraction of sp³-hybridized carbons (Fsp3) is 0. The lowest BCUT2D eigenvalue weighted by atomic mass is 10.3. The van der Waals surface area contributed by atoms with Crippen LogP contribution in [0.4, 0.5) is 5.69 Å². The van der Waals surface area contributed by atoms with E-state index in [-0.39, 0.29) is 4.90 Å². The molecule has 1 N–H and O–H groups in total. The Labute approximate surface area is 121 Å². The first kappa shape index (κ1) is 13.3. The SMILES string of the molecule is O=S(=O)(Nc1ccccc1-n1cnnn1)c1ccccc1. The van der Waals surface area contributed by atoms with Gasteiger partial charge in [-0.1, -0.05) is 30.3 Å². The standard InChI is InChI=1S/C13H11N5O2S/c19-21(20,11-6-2-1-3-7-11)15-12-8-4-5-9-13(12)18-10-14-16-17-18/h1-10,15H. The van der Waals surface area contributed by atoms with Crippen molar-refractivity contribution in [2.24, 2.45) is 0 Å². The van der Waals surface area contributed by atoms with Crippen molar-refractivity contribution in [3.8, 4) is 5.69 Å². The molecule has 3 aromatic rings. The highest BCUT2D eigenvalue weighted by molar-refractivity contribution is 7.92. The Balaban J connectivity index is 2.00. The van der Waals surface area contributed by atoms with Gasteiger partial charge < -0.3 is 0 Å². The van der Waals surface area contributed by atoms with Crippen LogP contribution in [0.5, 0.6) is 0 Å². The first-order valence-electron chi connectivity index (χ1n) is 6.07. The Morgan fingerprint density at radius 1 is 0.952 bits per heavy atom. The number of nitrogens with one attached hydrogen (secondary N) is 1. The molecule has 0 fully saturated rings. The summed E-state index contributed by atoms with van der Waals surface area (Å²) in [5.74, 6) is 0. The van der Waals surface area contributed by atoms with E-state index in [4.69, 9.17) is 0 Å². The van der Waals surface area contributed by atoms with Gasteiger partial charge in [-0.2, -0.15) is 4.68 Å². The van der Waals surface area contributed by atoms with Gasteiger partial charge in [0.05, 0.1) is 16.3 Å². The molecule has 0 spiro atoms. The van der Waals surface area contributed by atoms with Gasteiger partial charge in [-0.15, -0.1) is 5.10 Å². The van der Waals surface area contributed by atoms with Crippen LogP contribution in [0.3, 0.4) is 0 Å². The number of sulfonamides is 1. The van der Waals surface area contributed by atoms with Crippen LogP contribution >= 0.6 is 0 Å². The lowest BCUT2D eigenvalue weighted by Gasteiger charge is -2.11. The molecule has 3 rings (SSSR count). The molecule has 0 atom stereocenters. The summed E-state index contributed by atoms with van der Waals surface area (Å²) in [6, 6.07) is 15.0. The van der Waals surface area contributed by atoms with Crippen molar-refractivity contribution in [2.75, 3.05) is 4.72 Å². The Morgan fingerprint density at radius 2 is 1.67 bits per heavy atom. The number of aromatic nitrogens is 4. The molecule has 21 heavy (non-hydrogen) atoms. The van der Waals surface area contributed by atoms with Gasteiger partial charge in [0.2, 0.25) is 0 Å². The van der Waals surface area contributed by atoms with Crippen molar-refractivity contribution in [3.63, 3.8) is 0 Å². The van der Waals surface area contributed by atoms with Crippen LogP contribution in [-0.4, -0.2) is 28.6 Å². The second-order valence-corrected chi connectivity index (χ2v) is 5.87. The Bertz CT molecular complexity index is 832. The topological polar surface area (TPSA) is 89.8 Å². The van der Waals surface area contributed by atoms with Gasteiger partial charge >= 0.3 is 0 Å². The molecule has 0 aliphatic carbocycles. The van der Waals surface area contributed by atoms with Crippen LogP contribution in [0.15, 0.2) is 65.8 Å². The molecule has 2 aromatic carbocycles. The number of anilines is 1. The lowest BCUT2D eigenvalue weighted by molar-refractivity contribution is 0.601. The maximum Gasteiger partial charge on any atom is 0.261 e. The smallest absolute Gasteiger partial charge is 0.261 e. The van der Waals surface area contributed by atoms with E-state index in [1.165, 1.54) is 23.1 Å². The minimum atomic E-state index is -3.66. The first-order chi connectivity index (χ1) is 10.2.